The van der Waals surface area contributed by atoms with Crippen LogP contribution in [-0.4, -0.2) is 51.0 Å². The van der Waals surface area contributed by atoms with Gasteiger partial charge in [-0.2, -0.15) is 4.72 Å². The number of pyridine rings is 1. The van der Waals surface area contributed by atoms with Gasteiger partial charge in [-0.05, 0) is 62.8 Å². The van der Waals surface area contributed by atoms with Crippen molar-refractivity contribution in [3.05, 3.63) is 53.7 Å². The van der Waals surface area contributed by atoms with Gasteiger partial charge in [0.2, 0.25) is 15.9 Å². The van der Waals surface area contributed by atoms with E-state index < -0.39 is 22.0 Å². The molecule has 3 N–H and O–H groups in total. The van der Waals surface area contributed by atoms with Crippen LogP contribution >= 0.6 is 0 Å². The minimum atomic E-state index is -3.94. The van der Waals surface area contributed by atoms with Crippen LogP contribution in [0.3, 0.4) is 0 Å². The van der Waals surface area contributed by atoms with Crippen molar-refractivity contribution in [1.29, 1.82) is 0 Å². The van der Waals surface area contributed by atoms with Gasteiger partial charge in [-0.15, -0.1) is 0 Å². The van der Waals surface area contributed by atoms with Crippen molar-refractivity contribution < 1.29 is 22.7 Å². The van der Waals surface area contributed by atoms with Crippen LogP contribution in [0.25, 0.3) is 0 Å². The zero-order valence-electron chi connectivity index (χ0n) is 19.4. The Bertz CT molecular complexity index is 1080. The van der Waals surface area contributed by atoms with Crippen molar-refractivity contribution in [2.24, 2.45) is 0 Å². The first-order valence-corrected chi connectivity index (χ1v) is 13.1. The largest absolute Gasteiger partial charge is 0.465 e. The lowest BCUT2D eigenvalue weighted by Gasteiger charge is -2.18. The lowest BCUT2D eigenvalue weighted by Crippen LogP contribution is -2.49. The zero-order valence-corrected chi connectivity index (χ0v) is 20.2. The van der Waals surface area contributed by atoms with Crippen molar-refractivity contribution in [1.82, 2.24) is 15.0 Å². The maximum atomic E-state index is 12.6. The number of nitrogens with one attached hydrogen (secondary N) is 3. The third-order valence-corrected chi connectivity index (χ3v) is 6.95. The molecular formula is C24H32N4O5S. The Morgan fingerprint density at radius 1 is 1.15 bits per heavy atom. The minimum absolute atomic E-state index is 0.0293. The van der Waals surface area contributed by atoms with Crippen LogP contribution in [0.15, 0.2) is 47.4 Å². The van der Waals surface area contributed by atoms with Gasteiger partial charge in [0.1, 0.15) is 11.9 Å². The number of fused-ring (bicyclic) bond motifs is 1. The fraction of sp³-hybridized carbons (Fsp3) is 0.458. The van der Waals surface area contributed by atoms with E-state index in [1.807, 2.05) is 6.07 Å². The Kier molecular flexibility index (Phi) is 9.41. The number of anilines is 1. The van der Waals surface area contributed by atoms with Crippen LogP contribution in [0.2, 0.25) is 0 Å². The highest BCUT2D eigenvalue weighted by Crippen LogP contribution is 2.20. The van der Waals surface area contributed by atoms with Gasteiger partial charge in [0, 0.05) is 25.2 Å². The molecule has 2 heterocycles. The molecule has 1 atom stereocenters. The fourth-order valence-electron chi connectivity index (χ4n) is 3.67. The molecule has 0 bridgehead atoms. The van der Waals surface area contributed by atoms with Crippen molar-refractivity contribution in [2.45, 2.75) is 56.4 Å². The average Bonchev–Trinajstić information content (AvgIpc) is 2.85. The van der Waals surface area contributed by atoms with E-state index in [1.165, 1.54) is 17.7 Å². The lowest BCUT2D eigenvalue weighted by atomic mass is 10.1. The smallest absolute Gasteiger partial charge is 0.326 e. The van der Waals surface area contributed by atoms with Crippen LogP contribution in [0.4, 0.5) is 5.82 Å². The van der Waals surface area contributed by atoms with Gasteiger partial charge in [0.05, 0.1) is 11.5 Å². The van der Waals surface area contributed by atoms with E-state index in [1.54, 1.807) is 25.1 Å². The number of carbonyl (C=O) groups is 2. The Balaban J connectivity index is 1.46. The first kappa shape index (κ1) is 25.6. The molecule has 1 aliphatic heterocycles. The van der Waals surface area contributed by atoms with Crippen LogP contribution < -0.4 is 15.4 Å². The van der Waals surface area contributed by atoms with E-state index >= 15 is 0 Å². The number of unbranched alkanes of at least 4 members (excludes halogenated alkanes) is 1. The number of hydrogen-bond acceptors (Lipinski definition) is 7. The summed E-state index contributed by atoms with van der Waals surface area (Å²) in [6.07, 6.45) is 4.64. The van der Waals surface area contributed by atoms with Crippen LogP contribution in [0, 0.1) is 0 Å². The summed E-state index contributed by atoms with van der Waals surface area (Å²) < 4.78 is 32.5. The predicted molar refractivity (Wildman–Crippen MR) is 129 cm³/mol. The third-order valence-electron chi connectivity index (χ3n) is 5.46. The van der Waals surface area contributed by atoms with E-state index in [4.69, 9.17) is 4.74 Å². The second-order valence-electron chi connectivity index (χ2n) is 8.09. The number of nitrogens with zero attached hydrogens (tertiary/aromatic N) is 1. The number of benzene rings is 1. The van der Waals surface area contributed by atoms with E-state index in [9.17, 15) is 18.0 Å². The van der Waals surface area contributed by atoms with Crippen molar-refractivity contribution in [3.63, 3.8) is 0 Å². The molecule has 10 heteroatoms. The molecule has 2 aromatic rings. The van der Waals surface area contributed by atoms with Gasteiger partial charge in [-0.3, -0.25) is 9.59 Å². The number of sulfonamides is 1. The van der Waals surface area contributed by atoms with Crippen molar-refractivity contribution in [2.75, 3.05) is 25.0 Å². The molecule has 1 aromatic heterocycles. The van der Waals surface area contributed by atoms with Crippen LogP contribution in [-0.2, 0) is 37.2 Å². The van der Waals surface area contributed by atoms with Gasteiger partial charge in [0.15, 0.2) is 0 Å². The molecule has 3 rings (SSSR count). The maximum Gasteiger partial charge on any atom is 0.326 e. The average molecular weight is 489 g/mol. The van der Waals surface area contributed by atoms with E-state index in [2.05, 4.69) is 26.4 Å². The SMILES string of the molecule is CCOC(=O)[C@H](CNC(=O)CCCCc1ccc2c(n1)NCCC2)NS(=O)(=O)c1ccccc1. The topological polar surface area (TPSA) is 126 Å². The molecule has 1 aliphatic rings. The van der Waals surface area contributed by atoms with E-state index in [0.717, 1.165) is 43.7 Å². The number of hydrogen-bond donors (Lipinski definition) is 3. The van der Waals surface area contributed by atoms with Gasteiger partial charge >= 0.3 is 5.97 Å². The summed E-state index contributed by atoms with van der Waals surface area (Å²) in [5, 5.41) is 5.97. The van der Waals surface area contributed by atoms with E-state index in [-0.39, 0.29) is 30.4 Å². The van der Waals surface area contributed by atoms with Crippen molar-refractivity contribution >= 4 is 27.7 Å². The molecule has 0 saturated heterocycles. The normalized spacial score (nSPS) is 13.9. The summed E-state index contributed by atoms with van der Waals surface area (Å²) in [5.41, 5.74) is 2.24. The number of carbonyl (C=O) groups excluding carboxylic acids is 2. The van der Waals surface area contributed by atoms with Gasteiger partial charge in [-0.1, -0.05) is 24.3 Å². The summed E-state index contributed by atoms with van der Waals surface area (Å²) in [5.74, 6) is -0.0351. The molecule has 9 nitrogen and oxygen atoms in total. The standard InChI is InChI=1S/C24H32N4O5S/c1-2-33-24(30)21(28-34(31,32)20-11-4-3-5-12-20)17-26-22(29)13-7-6-10-19-15-14-18-9-8-16-25-23(18)27-19/h3-5,11-12,14-15,21,28H,2,6-10,13,16-17H2,1H3,(H,25,27)(H,26,29)/t21-/m0/s1. The molecule has 0 unspecified atom stereocenters. The number of aryl methyl sites for hydroxylation is 2. The molecule has 0 spiro atoms. The van der Waals surface area contributed by atoms with E-state index in [0.29, 0.717) is 6.42 Å². The summed E-state index contributed by atoms with van der Waals surface area (Å²) in [7, 11) is -3.94. The van der Waals surface area contributed by atoms with Gasteiger partial charge in [-0.25, -0.2) is 13.4 Å². The molecular weight excluding hydrogens is 456 g/mol. The lowest BCUT2D eigenvalue weighted by molar-refractivity contribution is -0.145. The molecule has 0 saturated carbocycles. The summed E-state index contributed by atoms with van der Waals surface area (Å²) in [6, 6.07) is 10.7. The van der Waals surface area contributed by atoms with Crippen LogP contribution in [0.5, 0.6) is 0 Å². The monoisotopic (exact) mass is 488 g/mol. The molecule has 0 radical (unpaired) electrons. The second kappa shape index (κ2) is 12.5. The fourth-order valence-corrected chi connectivity index (χ4v) is 4.88. The molecule has 184 valence electrons. The maximum absolute atomic E-state index is 12.6. The molecule has 0 fully saturated rings. The van der Waals surface area contributed by atoms with Gasteiger partial charge < -0.3 is 15.4 Å². The zero-order chi connectivity index (χ0) is 24.4. The first-order chi connectivity index (χ1) is 16.4. The number of ether oxygens (including phenoxy) is 1. The molecule has 34 heavy (non-hydrogen) atoms. The Morgan fingerprint density at radius 3 is 2.71 bits per heavy atom. The minimum Gasteiger partial charge on any atom is -0.465 e. The molecule has 1 aromatic carbocycles. The Hall–Kier alpha value is -2.98. The highest BCUT2D eigenvalue weighted by Gasteiger charge is 2.27. The predicted octanol–water partition coefficient (Wildman–Crippen LogP) is 2.18. The second-order valence-corrected chi connectivity index (χ2v) is 9.80. The summed E-state index contributed by atoms with van der Waals surface area (Å²) >= 11 is 0. The Morgan fingerprint density at radius 2 is 1.94 bits per heavy atom. The highest BCUT2D eigenvalue weighted by molar-refractivity contribution is 7.89. The third kappa shape index (κ3) is 7.53. The number of esters is 1. The summed E-state index contributed by atoms with van der Waals surface area (Å²) in [6.45, 7) is 2.48. The molecule has 0 aliphatic carbocycles. The highest BCUT2D eigenvalue weighted by atomic mass is 32.2. The van der Waals surface area contributed by atoms with Gasteiger partial charge in [0.25, 0.3) is 0 Å². The number of aromatic nitrogens is 1. The van der Waals surface area contributed by atoms with Crippen molar-refractivity contribution in [3.8, 4) is 0 Å². The first-order valence-electron chi connectivity index (χ1n) is 11.6. The number of rotatable bonds is 12. The quantitative estimate of drug-likeness (QED) is 0.309. The molecule has 1 amide bonds. The van der Waals surface area contributed by atoms with Crippen LogP contribution in [0.1, 0.15) is 43.9 Å². The summed E-state index contributed by atoms with van der Waals surface area (Å²) in [4.78, 5) is 29.3. The number of amides is 1. The Labute approximate surface area is 200 Å².